The Morgan fingerprint density at radius 1 is 0.623 bits per heavy atom. The maximum atomic E-state index is 10.1. The van der Waals surface area contributed by atoms with Crippen molar-refractivity contribution in [2.24, 2.45) is 48.6 Å². The molecule has 310 valence electrons. The van der Waals surface area contributed by atoms with Gasteiger partial charge in [0.15, 0.2) is 0 Å². The molecular weight excluding hydrogens is 825 g/mol. The molecule has 6 bridgehead atoms. The van der Waals surface area contributed by atoms with Crippen LogP contribution in [0.25, 0.3) is 10.8 Å². The number of rotatable bonds is 8. The number of allylic oxidation sites excluding steroid dienone is 1. The topological polar surface area (TPSA) is 141 Å². The fraction of sp³-hybridized carbons (Fsp3) is 0.396. The summed E-state index contributed by atoms with van der Waals surface area (Å²) in [6.45, 7) is 1.43. The van der Waals surface area contributed by atoms with E-state index in [4.69, 9.17) is 32.5 Å². The number of hydrogen-bond acceptors (Lipinski definition) is 11. The third-order valence-corrected chi connectivity index (χ3v) is 20.9. The molecule has 61 heavy (non-hydrogen) atoms. The summed E-state index contributed by atoms with van der Waals surface area (Å²) in [6.07, 6.45) is 13.4. The summed E-state index contributed by atoms with van der Waals surface area (Å²) in [7, 11) is 0. The summed E-state index contributed by atoms with van der Waals surface area (Å²) in [5.74, 6) is 6.14. The van der Waals surface area contributed by atoms with E-state index in [1.807, 2.05) is 0 Å². The molecule has 1 unspecified atom stereocenters. The van der Waals surface area contributed by atoms with Crippen LogP contribution >= 0.6 is 0 Å². The molecule has 13 heteroatoms. The van der Waals surface area contributed by atoms with Crippen LogP contribution in [0.3, 0.4) is 0 Å². The first-order valence-electron chi connectivity index (χ1n) is 22.3. The van der Waals surface area contributed by atoms with Crippen LogP contribution in [0, 0.1) is 23.7 Å². The van der Waals surface area contributed by atoms with Crippen LogP contribution in [0.2, 0.25) is 0 Å². The van der Waals surface area contributed by atoms with Crippen molar-refractivity contribution < 1.29 is 17.7 Å². The van der Waals surface area contributed by atoms with Crippen LogP contribution in [0.1, 0.15) is 92.6 Å². The molecule has 6 heterocycles. The molecule has 8 aliphatic rings. The maximum absolute atomic E-state index is 10.1. The Morgan fingerprint density at radius 3 is 1.89 bits per heavy atom. The fourth-order valence-corrected chi connectivity index (χ4v) is 18.4. The van der Waals surface area contributed by atoms with Gasteiger partial charge in [-0.05, 0) is 0 Å². The van der Waals surface area contributed by atoms with Crippen LogP contribution in [0.15, 0.2) is 121 Å². The number of hydrogen-bond donors (Lipinski definition) is 3. The number of aliphatic hydroxyl groups excluding tert-OH is 2. The number of nitrogens with one attached hydrogen (secondary N) is 1. The van der Waals surface area contributed by atoms with Crippen LogP contribution in [-0.4, -0.2) is 87.6 Å². The third-order valence-electron chi connectivity index (χ3n) is 14.3. The number of benzene rings is 3. The van der Waals surface area contributed by atoms with Gasteiger partial charge in [-0.15, -0.1) is 0 Å². The SMILES string of the molecule is OCC1CCC(C[O][Ge]2([O]CC3CCC(CO)CC3)[N]3C4=NC5=NC(=Nc6c7ccccc7c([n]62)N=C2N=C(NC3c3ccccc34)c3ccccc32)C2=C5C=CCC2)CC1. The van der Waals surface area contributed by atoms with Gasteiger partial charge in [-0.3, -0.25) is 0 Å². The Bertz CT molecular complexity index is 2650. The van der Waals surface area contributed by atoms with Gasteiger partial charge in [0.25, 0.3) is 0 Å². The van der Waals surface area contributed by atoms with E-state index in [2.05, 4.69) is 97.6 Å². The zero-order chi connectivity index (χ0) is 40.7. The van der Waals surface area contributed by atoms with Gasteiger partial charge in [0, 0.05) is 0 Å². The second kappa shape index (κ2) is 15.1. The first-order chi connectivity index (χ1) is 30.1. The van der Waals surface area contributed by atoms with E-state index in [-0.39, 0.29) is 25.0 Å². The quantitative estimate of drug-likeness (QED) is 0.154. The molecule has 3 N–H and O–H groups in total. The van der Waals surface area contributed by atoms with Crippen molar-refractivity contribution in [3.63, 3.8) is 0 Å². The minimum atomic E-state index is -4.98. The molecule has 2 fully saturated rings. The molecule has 1 aromatic heterocycles. The monoisotopic (exact) mass is 876 g/mol. The zero-order valence-electron chi connectivity index (χ0n) is 34.2. The molecule has 0 radical (unpaired) electrons. The van der Waals surface area contributed by atoms with Gasteiger partial charge in [-0.1, -0.05) is 0 Å². The van der Waals surface area contributed by atoms with E-state index in [0.717, 1.165) is 126 Å². The number of nitrogens with zero attached hydrogens (tertiary/aromatic N) is 7. The molecule has 12 nitrogen and oxygen atoms in total. The number of aliphatic imine (C=N–C) groups is 5. The number of aromatic nitrogens is 1. The summed E-state index contributed by atoms with van der Waals surface area (Å²) in [5.41, 5.74) is 6.13. The molecule has 1 atom stereocenters. The van der Waals surface area contributed by atoms with Gasteiger partial charge in [0.2, 0.25) is 0 Å². The van der Waals surface area contributed by atoms with Gasteiger partial charge in [0.1, 0.15) is 0 Å². The summed E-state index contributed by atoms with van der Waals surface area (Å²) < 4.78 is 20.6. The van der Waals surface area contributed by atoms with Crippen molar-refractivity contribution in [3.8, 4) is 0 Å². The third kappa shape index (κ3) is 6.11. The molecule has 3 aromatic carbocycles. The molecule has 0 spiro atoms. The molecule has 4 aromatic rings. The van der Waals surface area contributed by atoms with Gasteiger partial charge in [-0.25, -0.2) is 0 Å². The Labute approximate surface area is 358 Å². The van der Waals surface area contributed by atoms with Gasteiger partial charge in [0.05, 0.1) is 0 Å². The molecule has 5 aliphatic heterocycles. The van der Waals surface area contributed by atoms with Crippen LogP contribution in [-0.2, 0) is 7.53 Å². The average Bonchev–Trinajstić information content (AvgIpc) is 4.03. The first-order valence-corrected chi connectivity index (χ1v) is 25.9. The van der Waals surface area contributed by atoms with E-state index in [9.17, 15) is 10.2 Å². The van der Waals surface area contributed by atoms with Crippen molar-refractivity contribution in [2.45, 2.75) is 70.4 Å². The Morgan fingerprint density at radius 2 is 1.21 bits per heavy atom. The van der Waals surface area contributed by atoms with E-state index in [0.29, 0.717) is 48.4 Å². The number of aliphatic hydroxyl groups is 2. The van der Waals surface area contributed by atoms with Gasteiger partial charge >= 0.3 is 360 Å². The van der Waals surface area contributed by atoms with Crippen molar-refractivity contribution in [1.29, 1.82) is 0 Å². The summed E-state index contributed by atoms with van der Waals surface area (Å²) in [6, 6.07) is 25.3. The van der Waals surface area contributed by atoms with Crippen molar-refractivity contribution in [3.05, 3.63) is 118 Å². The summed E-state index contributed by atoms with van der Waals surface area (Å²) in [4.78, 5) is 27.5. The predicted octanol–water partition coefficient (Wildman–Crippen LogP) is 7.86. The van der Waals surface area contributed by atoms with Crippen molar-refractivity contribution in [1.82, 2.24) is 12.7 Å². The fourth-order valence-electron chi connectivity index (χ4n) is 10.9. The normalized spacial score (nSPS) is 28.3. The van der Waals surface area contributed by atoms with Crippen LogP contribution in [0.5, 0.6) is 0 Å². The number of fused-ring (bicyclic) bond motifs is 13. The summed E-state index contributed by atoms with van der Waals surface area (Å²) >= 11 is -4.98. The number of amidine groups is 5. The van der Waals surface area contributed by atoms with Gasteiger partial charge in [-0.2, -0.15) is 0 Å². The molecular formula is C48H50GeN8O4. The molecule has 0 saturated heterocycles. The Hall–Kier alpha value is -4.99. The van der Waals surface area contributed by atoms with E-state index in [1.165, 1.54) is 0 Å². The van der Waals surface area contributed by atoms with E-state index < -0.39 is 20.6 Å². The second-order valence-electron chi connectivity index (χ2n) is 17.9. The van der Waals surface area contributed by atoms with Crippen LogP contribution in [0.4, 0.5) is 11.6 Å². The molecule has 2 saturated carbocycles. The predicted molar refractivity (Wildman–Crippen MR) is 240 cm³/mol. The zero-order valence-corrected chi connectivity index (χ0v) is 36.3. The van der Waals surface area contributed by atoms with E-state index in [1.54, 1.807) is 0 Å². The summed E-state index contributed by atoms with van der Waals surface area (Å²) in [5, 5.41) is 26.1. The molecule has 12 rings (SSSR count). The Balaban J connectivity index is 1.17. The molecule has 3 aliphatic carbocycles. The first kappa shape index (κ1) is 37.7. The van der Waals surface area contributed by atoms with Crippen LogP contribution < -0.4 is 5.32 Å². The van der Waals surface area contributed by atoms with Gasteiger partial charge < -0.3 is 0 Å². The van der Waals surface area contributed by atoms with Crippen molar-refractivity contribution in [2.75, 3.05) is 26.4 Å². The standard InChI is InChI=1S/C48H50GeN8O4/c58-25-29-17-21-31(22-18-29)27-60-49(61-28-32-23-19-30(26-59)20-24-32)56-45-37-13-5-6-14-38(37)47(56)54-43-35-11-3-4-12-36(35)44(51-43)55-48-40-16-8-7-15-39(40)46(57(48)49)53-42-34-10-2-1-9-33(34)41(50-42)52-45/h1-3,5-11,13-16,29-32,45,58-59H,4,12,17-28H2,(H,50,52,53). The van der Waals surface area contributed by atoms with E-state index >= 15 is 0 Å². The minimum absolute atomic E-state index is 0.225. The second-order valence-corrected chi connectivity index (χ2v) is 23.4. The molecule has 0 amide bonds. The van der Waals surface area contributed by atoms with Crippen molar-refractivity contribution >= 4 is 66.0 Å². The Kier molecular flexibility index (Phi) is 9.36. The average molecular weight is 876 g/mol.